The summed E-state index contributed by atoms with van der Waals surface area (Å²) in [4.78, 5) is 31.1. The third-order valence-electron chi connectivity index (χ3n) is 6.04. The fraction of sp³-hybridized carbons (Fsp3) is 0.636. The maximum absolute atomic E-state index is 12.8. The normalized spacial score (nSPS) is 22.8. The van der Waals surface area contributed by atoms with E-state index in [1.165, 1.54) is 0 Å². The van der Waals surface area contributed by atoms with Gasteiger partial charge in [-0.25, -0.2) is 0 Å². The van der Waals surface area contributed by atoms with Gasteiger partial charge < -0.3 is 19.3 Å². The summed E-state index contributed by atoms with van der Waals surface area (Å²) in [7, 11) is 0. The summed E-state index contributed by atoms with van der Waals surface area (Å²) in [6, 6.07) is 7.37. The second kappa shape index (κ2) is 9.59. The summed E-state index contributed by atoms with van der Waals surface area (Å²) >= 11 is 0. The maximum atomic E-state index is 12.8. The quantitative estimate of drug-likeness (QED) is 0.725. The van der Waals surface area contributed by atoms with Gasteiger partial charge in [-0.15, -0.1) is 0 Å². The van der Waals surface area contributed by atoms with Crippen LogP contribution in [-0.4, -0.2) is 91.6 Å². The Bertz CT molecular complexity index is 689. The Morgan fingerprint density at radius 2 is 1.66 bits per heavy atom. The lowest BCUT2D eigenvalue weighted by atomic mass is 10.1. The molecule has 2 amide bonds. The molecule has 0 aromatic heterocycles. The predicted molar refractivity (Wildman–Crippen MR) is 109 cm³/mol. The minimum atomic E-state index is 0.0428. The molecule has 3 fully saturated rings. The van der Waals surface area contributed by atoms with E-state index in [2.05, 4.69) is 4.90 Å². The summed E-state index contributed by atoms with van der Waals surface area (Å²) in [5.74, 6) is 1.03. The number of amides is 2. The second-order valence-electron chi connectivity index (χ2n) is 8.13. The topological polar surface area (TPSA) is 62.3 Å². The van der Waals surface area contributed by atoms with Crippen LogP contribution < -0.4 is 4.74 Å². The maximum Gasteiger partial charge on any atom is 0.253 e. The molecule has 3 aliphatic heterocycles. The van der Waals surface area contributed by atoms with Gasteiger partial charge in [0.25, 0.3) is 5.91 Å². The van der Waals surface area contributed by atoms with Gasteiger partial charge in [0.05, 0.1) is 12.6 Å². The summed E-state index contributed by atoms with van der Waals surface area (Å²) in [5.41, 5.74) is 0.677. The Morgan fingerprint density at radius 3 is 2.31 bits per heavy atom. The average molecular weight is 402 g/mol. The van der Waals surface area contributed by atoms with Crippen LogP contribution in [0.15, 0.2) is 24.3 Å². The number of carbonyl (C=O) groups is 2. The van der Waals surface area contributed by atoms with Crippen LogP contribution in [-0.2, 0) is 9.53 Å². The van der Waals surface area contributed by atoms with E-state index in [0.717, 1.165) is 64.2 Å². The molecule has 0 radical (unpaired) electrons. The third kappa shape index (κ3) is 5.28. The average Bonchev–Trinajstić information content (AvgIpc) is 3.47. The first-order valence-electron chi connectivity index (χ1n) is 10.8. The molecule has 3 aliphatic rings. The van der Waals surface area contributed by atoms with E-state index in [0.29, 0.717) is 31.8 Å². The van der Waals surface area contributed by atoms with Gasteiger partial charge in [0, 0.05) is 51.4 Å². The van der Waals surface area contributed by atoms with Crippen molar-refractivity contribution in [2.45, 2.75) is 31.8 Å². The van der Waals surface area contributed by atoms with Gasteiger partial charge in [0.1, 0.15) is 12.4 Å². The van der Waals surface area contributed by atoms with Crippen LogP contribution in [0.4, 0.5) is 0 Å². The van der Waals surface area contributed by atoms with Gasteiger partial charge in [0.15, 0.2) is 0 Å². The number of nitrogens with zero attached hydrogens (tertiary/aromatic N) is 3. The molecule has 0 spiro atoms. The second-order valence-corrected chi connectivity index (χ2v) is 8.13. The Morgan fingerprint density at radius 1 is 0.931 bits per heavy atom. The molecule has 3 heterocycles. The third-order valence-corrected chi connectivity index (χ3v) is 6.04. The van der Waals surface area contributed by atoms with E-state index in [9.17, 15) is 9.59 Å². The van der Waals surface area contributed by atoms with E-state index < -0.39 is 0 Å². The van der Waals surface area contributed by atoms with Crippen molar-refractivity contribution >= 4 is 11.8 Å². The van der Waals surface area contributed by atoms with Crippen molar-refractivity contribution in [3.8, 4) is 5.75 Å². The minimum Gasteiger partial charge on any atom is -0.491 e. The van der Waals surface area contributed by atoms with E-state index >= 15 is 0 Å². The van der Waals surface area contributed by atoms with E-state index in [1.54, 1.807) is 0 Å². The molecule has 0 saturated carbocycles. The lowest BCUT2D eigenvalue weighted by Gasteiger charge is -2.35. The minimum absolute atomic E-state index is 0.0428. The highest BCUT2D eigenvalue weighted by atomic mass is 16.5. The fourth-order valence-electron chi connectivity index (χ4n) is 4.21. The fourth-order valence-corrected chi connectivity index (χ4v) is 4.21. The number of ether oxygens (including phenoxy) is 2. The summed E-state index contributed by atoms with van der Waals surface area (Å²) in [6.45, 7) is 6.44. The lowest BCUT2D eigenvalue weighted by molar-refractivity contribution is -0.131. The van der Waals surface area contributed by atoms with Crippen molar-refractivity contribution < 1.29 is 19.1 Å². The zero-order chi connectivity index (χ0) is 20.1. The van der Waals surface area contributed by atoms with Crippen LogP contribution in [0.5, 0.6) is 5.75 Å². The van der Waals surface area contributed by atoms with Gasteiger partial charge in [-0.3, -0.25) is 14.5 Å². The van der Waals surface area contributed by atoms with Crippen LogP contribution in [0.3, 0.4) is 0 Å². The van der Waals surface area contributed by atoms with Gasteiger partial charge in [0.2, 0.25) is 5.91 Å². The van der Waals surface area contributed by atoms with Gasteiger partial charge in [-0.2, -0.15) is 0 Å². The number of likely N-dealkylation sites (tertiary alicyclic amines) is 1. The van der Waals surface area contributed by atoms with Crippen molar-refractivity contribution in [3.63, 3.8) is 0 Å². The number of carbonyl (C=O) groups excluding carboxylic acids is 2. The number of piperazine rings is 1. The smallest absolute Gasteiger partial charge is 0.253 e. The Labute approximate surface area is 172 Å². The molecular formula is C22H31N3O4. The van der Waals surface area contributed by atoms with Crippen LogP contribution in [0.1, 0.15) is 36.0 Å². The molecule has 29 heavy (non-hydrogen) atoms. The van der Waals surface area contributed by atoms with Crippen molar-refractivity contribution in [2.24, 2.45) is 0 Å². The molecule has 0 bridgehead atoms. The van der Waals surface area contributed by atoms with Crippen molar-refractivity contribution in [3.05, 3.63) is 29.8 Å². The standard InChI is InChI=1S/C22H31N3O4/c26-21(24-9-1-2-10-24)16-23-11-13-25(14-12-23)22(27)18-5-7-19(8-6-18)29-17-20-4-3-15-28-20/h5-8,20H,1-4,9-17H2. The first-order chi connectivity index (χ1) is 14.2. The Kier molecular flexibility index (Phi) is 6.67. The molecule has 4 rings (SSSR count). The van der Waals surface area contributed by atoms with Crippen molar-refractivity contribution in [2.75, 3.05) is 59.0 Å². The highest BCUT2D eigenvalue weighted by Crippen LogP contribution is 2.18. The lowest BCUT2D eigenvalue weighted by Crippen LogP contribution is -2.51. The molecular weight excluding hydrogens is 370 g/mol. The summed E-state index contributed by atoms with van der Waals surface area (Å²) < 4.78 is 11.3. The monoisotopic (exact) mass is 401 g/mol. The highest BCUT2D eigenvalue weighted by Gasteiger charge is 2.26. The largest absolute Gasteiger partial charge is 0.491 e. The molecule has 158 valence electrons. The zero-order valence-electron chi connectivity index (χ0n) is 17.1. The van der Waals surface area contributed by atoms with Crippen LogP contribution in [0.25, 0.3) is 0 Å². The first kappa shape index (κ1) is 20.2. The summed E-state index contributed by atoms with van der Waals surface area (Å²) in [6.07, 6.45) is 4.57. The van der Waals surface area contributed by atoms with Crippen LogP contribution in [0.2, 0.25) is 0 Å². The summed E-state index contributed by atoms with van der Waals surface area (Å²) in [5, 5.41) is 0. The molecule has 1 unspecified atom stereocenters. The molecule has 0 aliphatic carbocycles. The number of hydrogen-bond acceptors (Lipinski definition) is 5. The van der Waals surface area contributed by atoms with Gasteiger partial charge >= 0.3 is 0 Å². The molecule has 3 saturated heterocycles. The van der Waals surface area contributed by atoms with Gasteiger partial charge in [-0.05, 0) is 49.9 Å². The van der Waals surface area contributed by atoms with E-state index in [4.69, 9.17) is 9.47 Å². The van der Waals surface area contributed by atoms with Crippen molar-refractivity contribution in [1.82, 2.24) is 14.7 Å². The molecule has 1 aromatic rings. The van der Waals surface area contributed by atoms with Crippen LogP contribution >= 0.6 is 0 Å². The molecule has 1 atom stereocenters. The zero-order valence-corrected chi connectivity index (χ0v) is 17.1. The molecule has 7 heteroatoms. The molecule has 0 N–H and O–H groups in total. The SMILES string of the molecule is O=C(CN1CCN(C(=O)c2ccc(OCC3CCCO3)cc2)CC1)N1CCCC1. The number of benzene rings is 1. The molecule has 7 nitrogen and oxygen atoms in total. The van der Waals surface area contributed by atoms with Crippen LogP contribution in [0, 0.1) is 0 Å². The highest BCUT2D eigenvalue weighted by molar-refractivity contribution is 5.94. The Hall–Kier alpha value is -2.12. The van der Waals surface area contributed by atoms with E-state index in [-0.39, 0.29) is 17.9 Å². The number of hydrogen-bond donors (Lipinski definition) is 0. The van der Waals surface area contributed by atoms with Gasteiger partial charge in [-0.1, -0.05) is 0 Å². The number of rotatable bonds is 6. The Balaban J connectivity index is 1.22. The predicted octanol–water partition coefficient (Wildman–Crippen LogP) is 1.62. The molecule has 1 aromatic carbocycles. The first-order valence-corrected chi connectivity index (χ1v) is 10.8. The van der Waals surface area contributed by atoms with E-state index in [1.807, 2.05) is 34.1 Å². The van der Waals surface area contributed by atoms with Crippen molar-refractivity contribution in [1.29, 1.82) is 0 Å².